The number of rotatable bonds is 7. The standard InChI is InChI=1S/C36H40Cl2N4O7S/c1-35(2,3)48-32(43)23-42(50(46,47)30-21-26(37)20-27(38)22-30)29-10-11-31-24(18-29)12-13-41(31)28-9-7-8-25(19-28)33(44)39-14-16-40(17-15-39)34(45)49-36(4,5)6/h7-13,18-22H,14-17,23H2,1-6H3. The van der Waals surface area contributed by atoms with E-state index < -0.39 is 39.8 Å². The first-order valence-electron chi connectivity index (χ1n) is 16.0. The molecule has 1 fully saturated rings. The number of amides is 2. The van der Waals surface area contributed by atoms with Gasteiger partial charge in [-0.1, -0.05) is 29.3 Å². The van der Waals surface area contributed by atoms with Crippen LogP contribution < -0.4 is 4.31 Å². The first kappa shape index (κ1) is 37.0. The largest absolute Gasteiger partial charge is 0.459 e. The third kappa shape index (κ3) is 8.72. The average Bonchev–Trinajstić information content (AvgIpc) is 3.45. The molecule has 11 nitrogen and oxygen atoms in total. The van der Waals surface area contributed by atoms with Gasteiger partial charge in [0.25, 0.3) is 15.9 Å². The smallest absolute Gasteiger partial charge is 0.410 e. The zero-order valence-corrected chi connectivity index (χ0v) is 31.1. The van der Waals surface area contributed by atoms with E-state index in [1.807, 2.05) is 43.7 Å². The number of piperazine rings is 1. The van der Waals surface area contributed by atoms with Crippen LogP contribution in [0.1, 0.15) is 51.9 Å². The first-order valence-corrected chi connectivity index (χ1v) is 18.2. The molecule has 4 aromatic rings. The topological polar surface area (TPSA) is 118 Å². The second-order valence-electron chi connectivity index (χ2n) is 13.9. The lowest BCUT2D eigenvalue weighted by Crippen LogP contribution is -2.51. The van der Waals surface area contributed by atoms with Crippen LogP contribution in [0.15, 0.2) is 77.8 Å². The molecule has 5 rings (SSSR count). The Hall–Kier alpha value is -4.26. The van der Waals surface area contributed by atoms with E-state index in [0.29, 0.717) is 37.1 Å². The van der Waals surface area contributed by atoms with Crippen LogP contribution in [-0.4, -0.2) is 84.7 Å². The molecule has 0 atom stereocenters. The van der Waals surface area contributed by atoms with Crippen LogP contribution in [0, 0.1) is 0 Å². The van der Waals surface area contributed by atoms with Crippen molar-refractivity contribution in [2.45, 2.75) is 57.6 Å². The Morgan fingerprint density at radius 3 is 2.02 bits per heavy atom. The maximum absolute atomic E-state index is 14.0. The van der Waals surface area contributed by atoms with Gasteiger partial charge in [-0.05, 0) is 102 Å². The predicted molar refractivity (Wildman–Crippen MR) is 194 cm³/mol. The van der Waals surface area contributed by atoms with Gasteiger partial charge >= 0.3 is 12.1 Å². The average molecular weight is 744 g/mol. The number of halogens is 2. The number of ether oxygens (including phenoxy) is 2. The van der Waals surface area contributed by atoms with Crippen molar-refractivity contribution in [3.05, 3.63) is 88.5 Å². The number of carbonyl (C=O) groups is 3. The van der Waals surface area contributed by atoms with Crippen molar-refractivity contribution in [3.63, 3.8) is 0 Å². The minimum atomic E-state index is -4.32. The van der Waals surface area contributed by atoms with Crippen molar-refractivity contribution in [2.75, 3.05) is 37.0 Å². The Morgan fingerprint density at radius 2 is 1.40 bits per heavy atom. The Balaban J connectivity index is 1.41. The van der Waals surface area contributed by atoms with Crippen LogP contribution in [0.5, 0.6) is 0 Å². The molecule has 1 aliphatic rings. The monoisotopic (exact) mass is 742 g/mol. The lowest BCUT2D eigenvalue weighted by atomic mass is 10.1. The summed E-state index contributed by atoms with van der Waals surface area (Å²) in [5, 5.41) is 0.945. The number of hydrogen-bond acceptors (Lipinski definition) is 7. The van der Waals surface area contributed by atoms with Gasteiger partial charge < -0.3 is 23.8 Å². The van der Waals surface area contributed by atoms with E-state index in [-0.39, 0.29) is 26.5 Å². The molecular formula is C36H40Cl2N4O7S. The van der Waals surface area contributed by atoms with Gasteiger partial charge in [0.05, 0.1) is 16.1 Å². The molecule has 2 amide bonds. The van der Waals surface area contributed by atoms with Crippen molar-refractivity contribution < 1.29 is 32.3 Å². The highest BCUT2D eigenvalue weighted by atomic mass is 35.5. The molecule has 0 bridgehead atoms. The van der Waals surface area contributed by atoms with E-state index in [1.54, 1.807) is 67.0 Å². The number of benzene rings is 3. The van der Waals surface area contributed by atoms with Crippen molar-refractivity contribution in [2.24, 2.45) is 0 Å². The molecule has 50 heavy (non-hydrogen) atoms. The number of fused-ring (bicyclic) bond motifs is 1. The molecule has 266 valence electrons. The maximum atomic E-state index is 14.0. The van der Waals surface area contributed by atoms with Crippen LogP contribution >= 0.6 is 23.2 Å². The van der Waals surface area contributed by atoms with E-state index in [9.17, 15) is 22.8 Å². The minimum Gasteiger partial charge on any atom is -0.459 e. The van der Waals surface area contributed by atoms with E-state index in [1.165, 1.54) is 18.2 Å². The molecule has 0 saturated carbocycles. The van der Waals surface area contributed by atoms with Crippen molar-refractivity contribution in [1.29, 1.82) is 0 Å². The highest BCUT2D eigenvalue weighted by Gasteiger charge is 2.31. The SMILES string of the molecule is CC(C)(C)OC(=O)CN(c1ccc2c(ccn2-c2cccc(C(=O)N3CCN(C(=O)OC(C)(C)C)CC3)c2)c1)S(=O)(=O)c1cc(Cl)cc(Cl)c1. The molecule has 0 spiro atoms. The fourth-order valence-electron chi connectivity index (χ4n) is 5.51. The Kier molecular flexibility index (Phi) is 10.5. The van der Waals surface area contributed by atoms with E-state index >= 15 is 0 Å². The molecule has 0 N–H and O–H groups in total. The molecular weight excluding hydrogens is 703 g/mol. The summed E-state index contributed by atoms with van der Waals surface area (Å²) in [7, 11) is -4.32. The number of anilines is 1. The first-order chi connectivity index (χ1) is 23.3. The number of sulfonamides is 1. The third-order valence-electron chi connectivity index (χ3n) is 7.67. The van der Waals surface area contributed by atoms with E-state index in [4.69, 9.17) is 32.7 Å². The van der Waals surface area contributed by atoms with Crippen LogP contribution in [-0.2, 0) is 24.3 Å². The molecule has 2 heterocycles. The molecule has 0 unspecified atom stereocenters. The van der Waals surface area contributed by atoms with Gasteiger partial charge in [0, 0.05) is 59.1 Å². The second kappa shape index (κ2) is 14.2. The molecule has 1 aromatic heterocycles. The Morgan fingerprint density at radius 1 is 0.780 bits per heavy atom. The maximum Gasteiger partial charge on any atom is 0.410 e. The molecule has 14 heteroatoms. The number of esters is 1. The van der Waals surface area contributed by atoms with Crippen LogP contribution in [0.4, 0.5) is 10.5 Å². The van der Waals surface area contributed by atoms with Crippen LogP contribution in [0.3, 0.4) is 0 Å². The van der Waals surface area contributed by atoms with E-state index in [2.05, 4.69) is 0 Å². The van der Waals surface area contributed by atoms with Gasteiger partial charge in [-0.15, -0.1) is 0 Å². The van der Waals surface area contributed by atoms with Gasteiger partial charge in [-0.2, -0.15) is 0 Å². The number of carbonyl (C=O) groups excluding carboxylic acids is 3. The molecule has 1 aliphatic heterocycles. The minimum absolute atomic E-state index is 0.129. The van der Waals surface area contributed by atoms with Gasteiger partial charge in [0.1, 0.15) is 17.7 Å². The predicted octanol–water partition coefficient (Wildman–Crippen LogP) is 7.17. The van der Waals surface area contributed by atoms with Crippen molar-refractivity contribution >= 4 is 67.8 Å². The summed E-state index contributed by atoms with van der Waals surface area (Å²) in [4.78, 5) is 42.1. The second-order valence-corrected chi connectivity index (χ2v) is 16.7. The van der Waals surface area contributed by atoms with Gasteiger partial charge in [-0.25, -0.2) is 13.2 Å². The quantitative estimate of drug-likeness (QED) is 0.184. The number of hydrogen-bond donors (Lipinski definition) is 0. The lowest BCUT2D eigenvalue weighted by Gasteiger charge is -2.35. The summed E-state index contributed by atoms with van der Waals surface area (Å²) in [6, 6.07) is 18.0. The highest BCUT2D eigenvalue weighted by Crippen LogP contribution is 2.32. The number of aromatic nitrogens is 1. The molecule has 3 aromatic carbocycles. The van der Waals surface area contributed by atoms with Gasteiger partial charge in [0.2, 0.25) is 0 Å². The summed E-state index contributed by atoms with van der Waals surface area (Å²) in [6.45, 7) is 11.4. The third-order valence-corrected chi connectivity index (χ3v) is 9.86. The zero-order valence-electron chi connectivity index (χ0n) is 28.8. The summed E-state index contributed by atoms with van der Waals surface area (Å²) in [5.41, 5.74) is 0.741. The normalized spacial score (nSPS) is 14.1. The molecule has 0 radical (unpaired) electrons. The van der Waals surface area contributed by atoms with Crippen molar-refractivity contribution in [1.82, 2.24) is 14.4 Å². The Bertz CT molecular complexity index is 2020. The summed E-state index contributed by atoms with van der Waals surface area (Å²) in [6.07, 6.45) is 1.43. The van der Waals surface area contributed by atoms with Crippen LogP contribution in [0.25, 0.3) is 16.6 Å². The van der Waals surface area contributed by atoms with Gasteiger partial charge in [0.15, 0.2) is 0 Å². The zero-order chi connectivity index (χ0) is 36.6. The fourth-order valence-corrected chi connectivity index (χ4v) is 7.64. The summed E-state index contributed by atoms with van der Waals surface area (Å²) >= 11 is 12.3. The fraction of sp³-hybridized carbons (Fsp3) is 0.361. The van der Waals surface area contributed by atoms with E-state index in [0.717, 1.165) is 15.5 Å². The highest BCUT2D eigenvalue weighted by molar-refractivity contribution is 7.92. The number of nitrogens with zero attached hydrogens (tertiary/aromatic N) is 4. The lowest BCUT2D eigenvalue weighted by molar-refractivity contribution is -0.152. The van der Waals surface area contributed by atoms with Gasteiger partial charge in [-0.3, -0.25) is 13.9 Å². The van der Waals surface area contributed by atoms with Crippen LogP contribution in [0.2, 0.25) is 10.0 Å². The molecule has 1 saturated heterocycles. The molecule has 0 aliphatic carbocycles. The Labute approximate surface area is 302 Å². The van der Waals surface area contributed by atoms with Crippen molar-refractivity contribution in [3.8, 4) is 5.69 Å². The summed E-state index contributed by atoms with van der Waals surface area (Å²) < 4.78 is 41.7. The summed E-state index contributed by atoms with van der Waals surface area (Å²) in [5.74, 6) is -0.891.